The number of rotatable bonds is 2. The summed E-state index contributed by atoms with van der Waals surface area (Å²) in [6, 6.07) is 12.8. The van der Waals surface area contributed by atoms with Gasteiger partial charge < -0.3 is 15.4 Å². The molecule has 0 atom stereocenters. The van der Waals surface area contributed by atoms with E-state index in [0.717, 1.165) is 44.8 Å². The van der Waals surface area contributed by atoms with Gasteiger partial charge in [-0.15, -0.1) is 0 Å². The Morgan fingerprint density at radius 1 is 1.09 bits per heavy atom. The quantitative estimate of drug-likeness (QED) is 0.925. The molecule has 2 heterocycles. The van der Waals surface area contributed by atoms with Crippen LogP contribution < -0.4 is 10.5 Å². The van der Waals surface area contributed by atoms with Crippen molar-refractivity contribution in [3.05, 3.63) is 48.0 Å². The maximum atomic E-state index is 6.56. The van der Waals surface area contributed by atoms with Crippen molar-refractivity contribution >= 4 is 16.8 Å². The van der Waals surface area contributed by atoms with E-state index in [4.69, 9.17) is 10.5 Å². The molecule has 2 N–H and O–H groups in total. The Hall–Kier alpha value is -1.84. The minimum Gasteiger partial charge on any atom is -0.482 e. The average Bonchev–Trinajstić information content (AvgIpc) is 2.57. The molecule has 2 aliphatic heterocycles. The van der Waals surface area contributed by atoms with Gasteiger partial charge in [-0.3, -0.25) is 0 Å². The van der Waals surface area contributed by atoms with Crippen LogP contribution in [0.4, 0.5) is 0 Å². The summed E-state index contributed by atoms with van der Waals surface area (Å²) in [7, 11) is 0. The first kappa shape index (κ1) is 13.8. The number of nitrogens with two attached hydrogens (primary N) is 1. The number of nitrogens with zero attached hydrogens (tertiary/aromatic N) is 1. The van der Waals surface area contributed by atoms with Gasteiger partial charge in [-0.25, -0.2) is 0 Å². The molecule has 4 rings (SSSR count). The first-order valence-corrected chi connectivity index (χ1v) is 8.12. The summed E-state index contributed by atoms with van der Waals surface area (Å²) in [4.78, 5) is 2.43. The molecule has 0 radical (unpaired) electrons. The van der Waals surface area contributed by atoms with E-state index in [1.54, 1.807) is 0 Å². The third-order valence-electron chi connectivity index (χ3n) is 4.93. The topological polar surface area (TPSA) is 38.5 Å². The van der Waals surface area contributed by atoms with E-state index in [9.17, 15) is 0 Å². The Bertz CT molecular complexity index is 714. The van der Waals surface area contributed by atoms with E-state index in [1.807, 2.05) is 0 Å². The Balaban J connectivity index is 1.65. The lowest BCUT2D eigenvalue weighted by atomic mass is 9.87. The van der Waals surface area contributed by atoms with Crippen molar-refractivity contribution in [1.29, 1.82) is 0 Å². The van der Waals surface area contributed by atoms with Gasteiger partial charge in [0.15, 0.2) is 0 Å². The van der Waals surface area contributed by atoms with E-state index in [-0.39, 0.29) is 5.60 Å². The highest BCUT2D eigenvalue weighted by Crippen LogP contribution is 2.41. The number of likely N-dealkylation sites (tertiary alicyclic amines) is 1. The molecule has 0 amide bonds. The summed E-state index contributed by atoms with van der Waals surface area (Å²) in [5.41, 5.74) is 6.72. The molecule has 1 spiro atoms. The molecule has 0 bridgehead atoms. The molecule has 2 aliphatic rings. The average molecular weight is 294 g/mol. The molecule has 0 saturated carbocycles. The Morgan fingerprint density at radius 3 is 2.73 bits per heavy atom. The lowest BCUT2D eigenvalue weighted by Crippen LogP contribution is -2.48. The molecule has 114 valence electrons. The molecule has 2 aromatic rings. The fraction of sp³-hybridized carbons (Fsp3) is 0.368. The van der Waals surface area contributed by atoms with Crippen LogP contribution in [0.3, 0.4) is 0 Å². The van der Waals surface area contributed by atoms with Gasteiger partial charge >= 0.3 is 0 Å². The summed E-state index contributed by atoms with van der Waals surface area (Å²) in [6.07, 6.45) is 6.58. The van der Waals surface area contributed by atoms with E-state index < -0.39 is 0 Å². The zero-order valence-corrected chi connectivity index (χ0v) is 12.8. The standard InChI is InChI=1S/C19H22N2O/c20-11-14-21-12-9-19(10-13-21)8-7-16-6-5-15-3-1-2-4-17(15)18(16)22-19/h1-8H,9-14,20H2. The normalized spacial score (nSPS) is 20.0. The van der Waals surface area contributed by atoms with Crippen LogP contribution in [-0.2, 0) is 0 Å². The smallest absolute Gasteiger partial charge is 0.135 e. The van der Waals surface area contributed by atoms with E-state index in [0.29, 0.717) is 0 Å². The highest BCUT2D eigenvalue weighted by atomic mass is 16.5. The van der Waals surface area contributed by atoms with Crippen LogP contribution in [0.15, 0.2) is 42.5 Å². The third-order valence-corrected chi connectivity index (χ3v) is 4.93. The Kier molecular flexibility index (Phi) is 3.40. The second-order valence-electron chi connectivity index (χ2n) is 6.34. The number of fused-ring (bicyclic) bond motifs is 3. The van der Waals surface area contributed by atoms with Crippen molar-refractivity contribution in [2.24, 2.45) is 5.73 Å². The zero-order chi connectivity index (χ0) is 15.0. The predicted molar refractivity (Wildman–Crippen MR) is 91.1 cm³/mol. The predicted octanol–water partition coefficient (Wildman–Crippen LogP) is 3.04. The van der Waals surface area contributed by atoms with E-state index in [2.05, 4.69) is 53.5 Å². The minimum absolute atomic E-state index is 0.137. The molecule has 0 aliphatic carbocycles. The first-order valence-electron chi connectivity index (χ1n) is 8.12. The molecule has 3 heteroatoms. The molecule has 22 heavy (non-hydrogen) atoms. The van der Waals surface area contributed by atoms with Crippen LogP contribution in [0.25, 0.3) is 16.8 Å². The molecule has 2 aromatic carbocycles. The molecular formula is C19H22N2O. The van der Waals surface area contributed by atoms with Crippen molar-refractivity contribution in [3.8, 4) is 5.75 Å². The van der Waals surface area contributed by atoms with Gasteiger partial charge in [-0.05, 0) is 11.5 Å². The van der Waals surface area contributed by atoms with Crippen molar-refractivity contribution in [1.82, 2.24) is 4.90 Å². The van der Waals surface area contributed by atoms with Crippen molar-refractivity contribution in [3.63, 3.8) is 0 Å². The zero-order valence-electron chi connectivity index (χ0n) is 12.8. The van der Waals surface area contributed by atoms with Gasteiger partial charge in [0.05, 0.1) is 0 Å². The monoisotopic (exact) mass is 294 g/mol. The number of hydrogen-bond acceptors (Lipinski definition) is 3. The van der Waals surface area contributed by atoms with Crippen LogP contribution in [0.5, 0.6) is 5.75 Å². The lowest BCUT2D eigenvalue weighted by molar-refractivity contribution is 0.0411. The fourth-order valence-corrected chi connectivity index (χ4v) is 3.59. The van der Waals surface area contributed by atoms with Gasteiger partial charge in [0.25, 0.3) is 0 Å². The summed E-state index contributed by atoms with van der Waals surface area (Å²) in [6.45, 7) is 3.83. The van der Waals surface area contributed by atoms with Crippen LogP contribution >= 0.6 is 0 Å². The van der Waals surface area contributed by atoms with Crippen LogP contribution in [0.1, 0.15) is 18.4 Å². The maximum Gasteiger partial charge on any atom is 0.135 e. The maximum absolute atomic E-state index is 6.56. The number of benzene rings is 2. The van der Waals surface area contributed by atoms with Crippen molar-refractivity contribution in [2.45, 2.75) is 18.4 Å². The van der Waals surface area contributed by atoms with E-state index >= 15 is 0 Å². The molecular weight excluding hydrogens is 272 g/mol. The first-order chi connectivity index (χ1) is 10.8. The molecule has 1 saturated heterocycles. The van der Waals surface area contributed by atoms with Gasteiger partial charge in [-0.1, -0.05) is 42.5 Å². The summed E-state index contributed by atoms with van der Waals surface area (Å²) >= 11 is 0. The second-order valence-corrected chi connectivity index (χ2v) is 6.34. The minimum atomic E-state index is -0.137. The van der Waals surface area contributed by atoms with Crippen LogP contribution in [0.2, 0.25) is 0 Å². The molecule has 0 unspecified atom stereocenters. The summed E-state index contributed by atoms with van der Waals surface area (Å²) in [5.74, 6) is 1.05. The fourth-order valence-electron chi connectivity index (χ4n) is 3.59. The van der Waals surface area contributed by atoms with E-state index in [1.165, 1.54) is 16.3 Å². The summed E-state index contributed by atoms with van der Waals surface area (Å²) < 4.78 is 6.56. The largest absolute Gasteiger partial charge is 0.482 e. The molecule has 3 nitrogen and oxygen atoms in total. The van der Waals surface area contributed by atoms with Crippen molar-refractivity contribution in [2.75, 3.05) is 26.2 Å². The number of hydrogen-bond donors (Lipinski definition) is 1. The second kappa shape index (κ2) is 5.41. The van der Waals surface area contributed by atoms with Crippen LogP contribution in [-0.4, -0.2) is 36.7 Å². The number of ether oxygens (including phenoxy) is 1. The highest BCUT2D eigenvalue weighted by Gasteiger charge is 2.36. The van der Waals surface area contributed by atoms with Gasteiger partial charge in [-0.2, -0.15) is 0 Å². The summed E-state index contributed by atoms with van der Waals surface area (Å²) in [5, 5.41) is 2.46. The SMILES string of the molecule is NCCN1CCC2(C=Cc3ccc4ccccc4c3O2)CC1. The highest BCUT2D eigenvalue weighted by molar-refractivity contribution is 5.92. The van der Waals surface area contributed by atoms with Gasteiger partial charge in [0.1, 0.15) is 11.4 Å². The lowest BCUT2D eigenvalue weighted by Gasteiger charge is -2.42. The Labute approximate surface area is 131 Å². The Morgan fingerprint density at radius 2 is 1.91 bits per heavy atom. The third kappa shape index (κ3) is 2.31. The van der Waals surface area contributed by atoms with Crippen LogP contribution in [0, 0.1) is 0 Å². The van der Waals surface area contributed by atoms with Gasteiger partial charge in [0.2, 0.25) is 0 Å². The van der Waals surface area contributed by atoms with Crippen molar-refractivity contribution < 1.29 is 4.74 Å². The van der Waals surface area contributed by atoms with Gasteiger partial charge in [0, 0.05) is 50.0 Å². The number of piperidine rings is 1. The molecule has 0 aromatic heterocycles. The molecule has 1 fully saturated rings.